The minimum atomic E-state index is 0.506. The molecule has 0 spiro atoms. The Morgan fingerprint density at radius 3 is 2.55 bits per heavy atom. The molecule has 2 nitrogen and oxygen atoms in total. The molecule has 0 amide bonds. The smallest absolute Gasteiger partial charge is 0.168 e. The Kier molecular flexibility index (Phi) is 2.15. The van der Waals surface area contributed by atoms with Crippen LogP contribution >= 0.6 is 0 Å². The predicted molar refractivity (Wildman–Crippen MR) is 40.3 cm³/mol. The Labute approximate surface area is 65.0 Å². The Bertz CT molecular complexity index is 314. The van der Waals surface area contributed by atoms with E-state index in [0.29, 0.717) is 11.1 Å². The van der Waals surface area contributed by atoms with Crippen molar-refractivity contribution in [3.05, 3.63) is 41.5 Å². The van der Waals surface area contributed by atoms with E-state index in [2.05, 4.69) is 0 Å². The summed E-state index contributed by atoms with van der Waals surface area (Å²) >= 11 is 0. The van der Waals surface area contributed by atoms with Crippen molar-refractivity contribution in [2.75, 3.05) is 0 Å². The van der Waals surface area contributed by atoms with Crippen LogP contribution in [0.15, 0.2) is 30.3 Å². The van der Waals surface area contributed by atoms with Gasteiger partial charge in [0.1, 0.15) is 17.2 Å². The highest BCUT2D eigenvalue weighted by atomic mass is 14.2. The second kappa shape index (κ2) is 3.29. The zero-order chi connectivity index (χ0) is 8.10. The van der Waals surface area contributed by atoms with Gasteiger partial charge in [-0.05, 0) is 0 Å². The summed E-state index contributed by atoms with van der Waals surface area (Å²) in [6, 6.07) is 12.3. The summed E-state index contributed by atoms with van der Waals surface area (Å²) in [5, 5.41) is 17.0. The van der Waals surface area contributed by atoms with E-state index in [1.165, 1.54) is 0 Å². The first kappa shape index (κ1) is 7.18. The molecular weight excluding hydrogens is 136 g/mol. The molecule has 0 aliphatic rings. The van der Waals surface area contributed by atoms with Gasteiger partial charge in [-0.1, -0.05) is 0 Å². The standard InChI is InChI=1S/C9H5N2/c10-6-8-3-1-2-4-9(5-8)7-11/h1-5H/q+1. The summed E-state index contributed by atoms with van der Waals surface area (Å²) < 4.78 is 0. The normalized spacial score (nSPS) is 7.82. The molecule has 1 rings (SSSR count). The van der Waals surface area contributed by atoms with Crippen LogP contribution in [0.3, 0.4) is 0 Å². The van der Waals surface area contributed by atoms with E-state index in [4.69, 9.17) is 10.5 Å². The molecule has 50 valence electrons. The lowest BCUT2D eigenvalue weighted by Gasteiger charge is -1.70. The average Bonchev–Trinajstić information content (AvgIpc) is 2.28. The van der Waals surface area contributed by atoms with E-state index in [1.54, 1.807) is 30.3 Å². The van der Waals surface area contributed by atoms with Gasteiger partial charge in [-0.2, -0.15) is 10.5 Å². The minimum absolute atomic E-state index is 0.506. The van der Waals surface area contributed by atoms with Crippen LogP contribution in [0.4, 0.5) is 0 Å². The second-order valence-electron chi connectivity index (χ2n) is 2.00. The van der Waals surface area contributed by atoms with E-state index in [1.807, 2.05) is 12.1 Å². The molecular formula is C9H5N2+. The molecule has 0 aromatic heterocycles. The first-order valence-corrected chi connectivity index (χ1v) is 3.10. The summed E-state index contributed by atoms with van der Waals surface area (Å²) in [7, 11) is 0. The molecule has 0 saturated carbocycles. The fourth-order valence-electron chi connectivity index (χ4n) is 0.721. The van der Waals surface area contributed by atoms with Crippen molar-refractivity contribution in [1.82, 2.24) is 0 Å². The van der Waals surface area contributed by atoms with Gasteiger partial charge in [-0.3, -0.25) is 0 Å². The highest BCUT2D eigenvalue weighted by molar-refractivity contribution is 5.36. The van der Waals surface area contributed by atoms with Crippen LogP contribution in [0.1, 0.15) is 11.1 Å². The number of nitrogens with zero attached hydrogens (tertiary/aromatic N) is 2. The van der Waals surface area contributed by atoms with Gasteiger partial charge < -0.3 is 0 Å². The topological polar surface area (TPSA) is 47.6 Å². The maximum absolute atomic E-state index is 8.51. The molecule has 0 aliphatic heterocycles. The van der Waals surface area contributed by atoms with Gasteiger partial charge in [0.25, 0.3) is 0 Å². The Morgan fingerprint density at radius 1 is 1.18 bits per heavy atom. The first-order chi connectivity index (χ1) is 5.36. The molecule has 2 heteroatoms. The molecule has 0 radical (unpaired) electrons. The Balaban J connectivity index is 3.31. The molecule has 0 atom stereocenters. The largest absolute Gasteiger partial charge is 0.191 e. The first-order valence-electron chi connectivity index (χ1n) is 3.10. The maximum atomic E-state index is 8.51. The van der Waals surface area contributed by atoms with Crippen molar-refractivity contribution in [3.63, 3.8) is 0 Å². The van der Waals surface area contributed by atoms with Crippen molar-refractivity contribution in [2.24, 2.45) is 0 Å². The lowest BCUT2D eigenvalue weighted by Crippen LogP contribution is -1.68. The number of hydrogen-bond donors (Lipinski definition) is 0. The molecule has 0 aliphatic carbocycles. The van der Waals surface area contributed by atoms with Crippen molar-refractivity contribution in [3.8, 4) is 12.1 Å². The zero-order valence-corrected chi connectivity index (χ0v) is 5.78. The van der Waals surface area contributed by atoms with E-state index >= 15 is 0 Å². The van der Waals surface area contributed by atoms with Gasteiger partial charge in [-0.25, -0.2) is 0 Å². The van der Waals surface area contributed by atoms with Crippen LogP contribution < -0.4 is 0 Å². The van der Waals surface area contributed by atoms with E-state index in [9.17, 15) is 0 Å². The number of nitriles is 2. The van der Waals surface area contributed by atoms with Crippen molar-refractivity contribution in [1.29, 1.82) is 10.5 Å². The van der Waals surface area contributed by atoms with Crippen LogP contribution in [0.5, 0.6) is 0 Å². The Morgan fingerprint density at radius 2 is 1.91 bits per heavy atom. The maximum Gasteiger partial charge on any atom is 0.168 e. The molecule has 0 heterocycles. The number of hydrogen-bond acceptors (Lipinski definition) is 2. The quantitative estimate of drug-likeness (QED) is 0.516. The van der Waals surface area contributed by atoms with Gasteiger partial charge in [0.15, 0.2) is 6.07 Å². The fraction of sp³-hybridized carbons (Fsp3) is 0. The molecule has 0 N–H and O–H groups in total. The predicted octanol–water partition coefficient (Wildman–Crippen LogP) is 1.71. The molecule has 0 saturated heterocycles. The third-order valence-electron chi connectivity index (χ3n) is 1.23. The van der Waals surface area contributed by atoms with Crippen LogP contribution in [0, 0.1) is 22.7 Å². The van der Waals surface area contributed by atoms with Crippen LogP contribution in [-0.2, 0) is 0 Å². The number of rotatable bonds is 0. The van der Waals surface area contributed by atoms with Crippen molar-refractivity contribution >= 4 is 0 Å². The van der Waals surface area contributed by atoms with E-state index < -0.39 is 0 Å². The van der Waals surface area contributed by atoms with Gasteiger partial charge >= 0.3 is 0 Å². The van der Waals surface area contributed by atoms with Crippen LogP contribution in [0.25, 0.3) is 0 Å². The van der Waals surface area contributed by atoms with Gasteiger partial charge in [0.2, 0.25) is 0 Å². The summed E-state index contributed by atoms with van der Waals surface area (Å²) in [4.78, 5) is 0. The lowest BCUT2D eigenvalue weighted by molar-refractivity contribution is 1.47. The third-order valence-corrected chi connectivity index (χ3v) is 1.23. The SMILES string of the molecule is N#Cc1cc[cH+]cc(C#N)c1. The van der Waals surface area contributed by atoms with E-state index in [-0.39, 0.29) is 0 Å². The van der Waals surface area contributed by atoms with Gasteiger partial charge in [-0.15, -0.1) is 0 Å². The monoisotopic (exact) mass is 141 g/mol. The van der Waals surface area contributed by atoms with Crippen LogP contribution in [-0.4, -0.2) is 0 Å². The summed E-state index contributed by atoms with van der Waals surface area (Å²) in [5.41, 5.74) is 1.01. The van der Waals surface area contributed by atoms with Crippen molar-refractivity contribution in [2.45, 2.75) is 0 Å². The lowest BCUT2D eigenvalue weighted by atomic mass is 10.2. The molecule has 1 aromatic carbocycles. The van der Waals surface area contributed by atoms with Crippen molar-refractivity contribution < 1.29 is 0 Å². The molecule has 1 aromatic rings. The van der Waals surface area contributed by atoms with Gasteiger partial charge in [0, 0.05) is 24.3 Å². The Hall–Kier alpha value is -1.93. The highest BCUT2D eigenvalue weighted by Crippen LogP contribution is 1.99. The third kappa shape index (κ3) is 1.74. The molecule has 0 fully saturated rings. The minimum Gasteiger partial charge on any atom is -0.191 e. The summed E-state index contributed by atoms with van der Waals surface area (Å²) in [6.45, 7) is 0. The molecule has 0 bridgehead atoms. The summed E-state index contributed by atoms with van der Waals surface area (Å²) in [5.74, 6) is 0. The summed E-state index contributed by atoms with van der Waals surface area (Å²) in [6.07, 6.45) is 0. The average molecular weight is 141 g/mol. The van der Waals surface area contributed by atoms with E-state index in [0.717, 1.165) is 0 Å². The second-order valence-corrected chi connectivity index (χ2v) is 2.00. The van der Waals surface area contributed by atoms with Crippen LogP contribution in [0.2, 0.25) is 0 Å². The highest BCUT2D eigenvalue weighted by Gasteiger charge is 1.96. The fourth-order valence-corrected chi connectivity index (χ4v) is 0.721. The molecule has 0 unspecified atom stereocenters. The zero-order valence-electron chi connectivity index (χ0n) is 5.78. The molecule has 11 heavy (non-hydrogen) atoms. The van der Waals surface area contributed by atoms with Gasteiger partial charge in [0.05, 0.1) is 6.07 Å².